The third kappa shape index (κ3) is 9.17. The SMILES string of the molecule is CCC(C)OP(=S)(S)OC(C)CC.[Na]. The van der Waals surface area contributed by atoms with Gasteiger partial charge in [-0.1, -0.05) is 26.1 Å². The summed E-state index contributed by atoms with van der Waals surface area (Å²) in [5, 5.41) is 0. The number of rotatable bonds is 6. The van der Waals surface area contributed by atoms with E-state index in [0.717, 1.165) is 12.8 Å². The van der Waals surface area contributed by atoms with Crippen LogP contribution in [-0.4, -0.2) is 41.8 Å². The third-order valence-electron chi connectivity index (χ3n) is 1.78. The predicted molar refractivity (Wildman–Crippen MR) is 70.7 cm³/mol. The zero-order chi connectivity index (χ0) is 10.5. The van der Waals surface area contributed by atoms with Crippen LogP contribution in [0.1, 0.15) is 40.5 Å². The second kappa shape index (κ2) is 9.00. The summed E-state index contributed by atoms with van der Waals surface area (Å²) in [6.07, 6.45) is 2.13. The first kappa shape index (κ1) is 18.3. The van der Waals surface area contributed by atoms with Gasteiger partial charge in [0.15, 0.2) is 0 Å². The van der Waals surface area contributed by atoms with Crippen molar-refractivity contribution in [3.63, 3.8) is 0 Å². The molecular formula is C8H19NaO2PS2. The van der Waals surface area contributed by atoms with Gasteiger partial charge in [-0.2, -0.15) is 0 Å². The van der Waals surface area contributed by atoms with Gasteiger partial charge in [0.25, 0.3) is 0 Å². The smallest absolute Gasteiger partial charge is 0.244 e. The molecule has 0 heterocycles. The normalized spacial score (nSPS) is 19.2. The fourth-order valence-corrected chi connectivity index (χ4v) is 3.73. The van der Waals surface area contributed by atoms with Gasteiger partial charge in [-0.05, 0) is 38.5 Å². The fraction of sp³-hybridized carbons (Fsp3) is 1.00. The van der Waals surface area contributed by atoms with Crippen molar-refractivity contribution in [3.05, 3.63) is 0 Å². The van der Waals surface area contributed by atoms with Crippen LogP contribution in [0.2, 0.25) is 0 Å². The van der Waals surface area contributed by atoms with Crippen LogP contribution in [-0.2, 0) is 20.9 Å². The molecule has 0 saturated heterocycles. The van der Waals surface area contributed by atoms with Crippen molar-refractivity contribution in [1.82, 2.24) is 0 Å². The molecule has 0 aromatic heterocycles. The Hall–Kier alpha value is 1.92. The molecule has 0 rings (SSSR count). The predicted octanol–water partition coefficient (Wildman–Crippen LogP) is 3.39. The molecule has 1 radical (unpaired) electrons. The second-order valence-electron chi connectivity index (χ2n) is 3.12. The molecule has 0 spiro atoms. The summed E-state index contributed by atoms with van der Waals surface area (Å²) in [6.45, 7) is 8.07. The average Bonchev–Trinajstić information content (AvgIpc) is 2.02. The van der Waals surface area contributed by atoms with Crippen molar-refractivity contribution in [3.8, 4) is 0 Å². The zero-order valence-corrected chi connectivity index (χ0v) is 14.3. The molecule has 0 N–H and O–H groups in total. The van der Waals surface area contributed by atoms with E-state index >= 15 is 0 Å². The maximum atomic E-state index is 5.53. The minimum absolute atomic E-state index is 0. The van der Waals surface area contributed by atoms with Gasteiger partial charge in [0, 0.05) is 29.6 Å². The van der Waals surface area contributed by atoms with E-state index in [-0.39, 0.29) is 41.8 Å². The van der Waals surface area contributed by atoms with Crippen LogP contribution >= 0.6 is 17.9 Å². The summed E-state index contributed by atoms with van der Waals surface area (Å²) in [6, 6.07) is 0. The molecule has 2 atom stereocenters. The van der Waals surface area contributed by atoms with Crippen LogP contribution in [0.4, 0.5) is 0 Å². The van der Waals surface area contributed by atoms with Gasteiger partial charge in [-0.3, -0.25) is 0 Å². The molecule has 0 saturated carbocycles. The Bertz CT molecular complexity index is 176. The number of hydrogen-bond acceptors (Lipinski definition) is 3. The molecule has 0 aromatic rings. The first-order valence-electron chi connectivity index (χ1n) is 4.60. The zero-order valence-electron chi connectivity index (χ0n) is 9.69. The van der Waals surface area contributed by atoms with Crippen LogP contribution in [0.25, 0.3) is 0 Å². The van der Waals surface area contributed by atoms with Crippen molar-refractivity contribution in [2.75, 3.05) is 0 Å². The van der Waals surface area contributed by atoms with E-state index in [1.165, 1.54) is 0 Å². The van der Waals surface area contributed by atoms with E-state index in [9.17, 15) is 0 Å². The summed E-state index contributed by atoms with van der Waals surface area (Å²) in [5.41, 5.74) is -2.31. The topological polar surface area (TPSA) is 18.5 Å². The summed E-state index contributed by atoms with van der Waals surface area (Å²) in [4.78, 5) is 0. The third-order valence-corrected chi connectivity index (χ3v) is 4.11. The van der Waals surface area contributed by atoms with Crippen LogP contribution in [0.15, 0.2) is 0 Å². The first-order chi connectivity index (χ1) is 5.91. The van der Waals surface area contributed by atoms with Gasteiger partial charge in [0.05, 0.1) is 12.2 Å². The second-order valence-corrected chi connectivity index (χ2v) is 8.31. The average molecular weight is 265 g/mol. The van der Waals surface area contributed by atoms with Crippen LogP contribution in [0.5, 0.6) is 0 Å². The minimum atomic E-state index is -2.31. The Morgan fingerprint density at radius 3 is 1.64 bits per heavy atom. The maximum Gasteiger partial charge on any atom is 0.244 e. The summed E-state index contributed by atoms with van der Waals surface area (Å²) in [7, 11) is 0. The Morgan fingerprint density at radius 1 is 1.14 bits per heavy atom. The van der Waals surface area contributed by atoms with E-state index in [1.807, 2.05) is 13.8 Å². The summed E-state index contributed by atoms with van der Waals surface area (Å²) >= 11 is 9.41. The molecule has 0 aliphatic rings. The Balaban J connectivity index is 0. The summed E-state index contributed by atoms with van der Waals surface area (Å²) in [5.74, 6) is 0. The molecule has 0 bridgehead atoms. The van der Waals surface area contributed by atoms with Gasteiger partial charge in [0.2, 0.25) is 5.69 Å². The molecule has 81 valence electrons. The van der Waals surface area contributed by atoms with E-state index in [0.29, 0.717) is 0 Å². The molecule has 0 aliphatic carbocycles. The van der Waals surface area contributed by atoms with E-state index in [2.05, 4.69) is 26.1 Å². The van der Waals surface area contributed by atoms with Crippen molar-refractivity contribution in [2.45, 2.75) is 52.7 Å². The van der Waals surface area contributed by atoms with Gasteiger partial charge in [-0.25, -0.2) is 0 Å². The molecule has 2 nitrogen and oxygen atoms in total. The van der Waals surface area contributed by atoms with Gasteiger partial charge >= 0.3 is 0 Å². The number of thiol groups is 1. The monoisotopic (exact) mass is 265 g/mol. The molecule has 14 heavy (non-hydrogen) atoms. The minimum Gasteiger partial charge on any atom is -0.319 e. The van der Waals surface area contributed by atoms with Crippen LogP contribution in [0.3, 0.4) is 0 Å². The van der Waals surface area contributed by atoms with Gasteiger partial charge in [0.1, 0.15) is 0 Å². The first-order valence-corrected chi connectivity index (χ1v) is 8.40. The Labute approximate surface area is 120 Å². The van der Waals surface area contributed by atoms with Crippen molar-refractivity contribution >= 4 is 59.3 Å². The standard InChI is InChI=1S/C8H19O2PS2.Na/c1-5-7(3)9-11(12,13)10-8(4)6-2;/h7-8H,5-6H2,1-4H3,(H,12,13);. The van der Waals surface area contributed by atoms with Crippen molar-refractivity contribution in [1.29, 1.82) is 0 Å². The van der Waals surface area contributed by atoms with Crippen molar-refractivity contribution < 1.29 is 9.05 Å². The molecule has 0 aliphatic heterocycles. The largest absolute Gasteiger partial charge is 0.319 e. The molecule has 6 heteroatoms. The molecule has 0 aromatic carbocycles. The molecule has 0 fully saturated rings. The van der Waals surface area contributed by atoms with Gasteiger partial charge in [-0.15, -0.1) is 0 Å². The number of hydrogen-bond donors (Lipinski definition) is 1. The van der Waals surface area contributed by atoms with Gasteiger partial charge < -0.3 is 9.05 Å². The molecular weight excluding hydrogens is 246 g/mol. The Kier molecular flexibility index (Phi) is 11.8. The van der Waals surface area contributed by atoms with Crippen LogP contribution in [0, 0.1) is 0 Å². The Morgan fingerprint density at radius 2 is 1.43 bits per heavy atom. The maximum absolute atomic E-state index is 5.53. The van der Waals surface area contributed by atoms with E-state index < -0.39 is 5.69 Å². The summed E-state index contributed by atoms with van der Waals surface area (Å²) < 4.78 is 11.1. The molecule has 2 unspecified atom stereocenters. The van der Waals surface area contributed by atoms with Crippen LogP contribution < -0.4 is 0 Å². The molecule has 0 amide bonds. The quantitative estimate of drug-likeness (QED) is 0.451. The fourth-order valence-electron chi connectivity index (χ4n) is 0.629. The van der Waals surface area contributed by atoms with E-state index in [4.69, 9.17) is 20.9 Å². The van der Waals surface area contributed by atoms with E-state index in [1.54, 1.807) is 0 Å². The van der Waals surface area contributed by atoms with Crippen molar-refractivity contribution in [2.24, 2.45) is 0 Å².